The number of aryl methyl sites for hydroxylation is 2. The van der Waals surface area contributed by atoms with Crippen LogP contribution in [-0.4, -0.2) is 19.2 Å². The molecule has 108 valence electrons. The van der Waals surface area contributed by atoms with Crippen molar-refractivity contribution in [1.29, 1.82) is 0 Å². The number of nitrogens with zero attached hydrogens (tertiary/aromatic N) is 1. The van der Waals surface area contributed by atoms with E-state index in [1.165, 1.54) is 7.11 Å². The van der Waals surface area contributed by atoms with Crippen molar-refractivity contribution in [2.45, 2.75) is 13.8 Å². The van der Waals surface area contributed by atoms with Gasteiger partial charge < -0.3 is 10.2 Å². The lowest BCUT2D eigenvalue weighted by atomic mass is 10.1. The summed E-state index contributed by atoms with van der Waals surface area (Å²) in [6, 6.07) is 13.1. The summed E-state index contributed by atoms with van der Waals surface area (Å²) in [7, 11) is 1.49. The predicted molar refractivity (Wildman–Crippen MR) is 84.9 cm³/mol. The summed E-state index contributed by atoms with van der Waals surface area (Å²) in [6.07, 6.45) is 1.59. The van der Waals surface area contributed by atoms with Crippen LogP contribution in [0.1, 0.15) is 27.0 Å². The van der Waals surface area contributed by atoms with Crippen molar-refractivity contribution in [3.8, 4) is 0 Å². The second-order valence-corrected chi connectivity index (χ2v) is 4.81. The summed E-state index contributed by atoms with van der Waals surface area (Å²) >= 11 is 0. The monoisotopic (exact) mass is 282 g/mol. The van der Waals surface area contributed by atoms with Gasteiger partial charge in [-0.15, -0.1) is 0 Å². The molecule has 0 saturated carbocycles. The van der Waals surface area contributed by atoms with Crippen molar-refractivity contribution in [2.24, 2.45) is 5.16 Å². The molecule has 0 bridgehead atoms. The van der Waals surface area contributed by atoms with E-state index in [0.29, 0.717) is 5.56 Å². The SMILES string of the molecule is CO/N=C/c1ccc(C(=O)Nc2cc(C)ccc2C)cc1. The van der Waals surface area contributed by atoms with Crippen LogP contribution in [0.4, 0.5) is 5.69 Å². The number of benzene rings is 2. The van der Waals surface area contributed by atoms with Crippen LogP contribution in [0, 0.1) is 13.8 Å². The van der Waals surface area contributed by atoms with E-state index in [1.807, 2.05) is 44.2 Å². The van der Waals surface area contributed by atoms with Crippen LogP contribution in [0.5, 0.6) is 0 Å². The van der Waals surface area contributed by atoms with Gasteiger partial charge in [0.1, 0.15) is 7.11 Å². The zero-order valence-corrected chi connectivity index (χ0v) is 12.4. The second kappa shape index (κ2) is 6.70. The third-order valence-electron chi connectivity index (χ3n) is 3.12. The Hall–Kier alpha value is -2.62. The third kappa shape index (κ3) is 3.92. The Morgan fingerprint density at radius 2 is 1.86 bits per heavy atom. The number of carbonyl (C=O) groups excluding carboxylic acids is 1. The maximum Gasteiger partial charge on any atom is 0.255 e. The lowest BCUT2D eigenvalue weighted by Gasteiger charge is -2.09. The predicted octanol–water partition coefficient (Wildman–Crippen LogP) is 3.54. The molecule has 0 atom stereocenters. The summed E-state index contributed by atoms with van der Waals surface area (Å²) < 4.78 is 0. The van der Waals surface area contributed by atoms with Crippen LogP contribution < -0.4 is 5.32 Å². The second-order valence-electron chi connectivity index (χ2n) is 4.81. The minimum atomic E-state index is -0.126. The molecule has 0 aliphatic rings. The van der Waals surface area contributed by atoms with Crippen molar-refractivity contribution >= 4 is 17.8 Å². The van der Waals surface area contributed by atoms with E-state index in [4.69, 9.17) is 0 Å². The fourth-order valence-electron chi connectivity index (χ4n) is 1.90. The zero-order chi connectivity index (χ0) is 15.2. The first-order valence-corrected chi connectivity index (χ1v) is 6.65. The molecule has 0 unspecified atom stereocenters. The van der Waals surface area contributed by atoms with E-state index < -0.39 is 0 Å². The van der Waals surface area contributed by atoms with E-state index >= 15 is 0 Å². The molecule has 0 heterocycles. The van der Waals surface area contributed by atoms with Gasteiger partial charge in [-0.1, -0.05) is 29.4 Å². The molecule has 1 N–H and O–H groups in total. The molecule has 0 saturated heterocycles. The Labute approximate surface area is 124 Å². The number of rotatable bonds is 4. The maximum atomic E-state index is 12.2. The summed E-state index contributed by atoms with van der Waals surface area (Å²) in [5.41, 5.74) is 4.47. The normalized spacial score (nSPS) is 10.6. The quantitative estimate of drug-likeness (QED) is 0.689. The lowest BCUT2D eigenvalue weighted by molar-refractivity contribution is 0.102. The average Bonchev–Trinajstić information content (AvgIpc) is 2.49. The van der Waals surface area contributed by atoms with Crippen LogP contribution in [0.2, 0.25) is 0 Å². The van der Waals surface area contributed by atoms with Crippen molar-refractivity contribution < 1.29 is 9.63 Å². The molecule has 0 spiro atoms. The van der Waals surface area contributed by atoms with Gasteiger partial charge in [-0.05, 0) is 48.7 Å². The van der Waals surface area contributed by atoms with E-state index in [1.54, 1.807) is 18.3 Å². The number of anilines is 1. The smallest absolute Gasteiger partial charge is 0.255 e. The molecule has 2 rings (SSSR count). The molecular weight excluding hydrogens is 264 g/mol. The van der Waals surface area contributed by atoms with Crippen LogP contribution in [0.15, 0.2) is 47.6 Å². The summed E-state index contributed by atoms with van der Waals surface area (Å²) in [5, 5.41) is 6.61. The number of hydrogen-bond donors (Lipinski definition) is 1. The molecule has 4 nitrogen and oxygen atoms in total. The van der Waals surface area contributed by atoms with Crippen molar-refractivity contribution in [1.82, 2.24) is 0 Å². The Kier molecular flexibility index (Phi) is 4.72. The van der Waals surface area contributed by atoms with Gasteiger partial charge in [0.15, 0.2) is 0 Å². The molecule has 2 aromatic rings. The van der Waals surface area contributed by atoms with E-state index in [9.17, 15) is 4.79 Å². The van der Waals surface area contributed by atoms with Gasteiger partial charge in [0.05, 0.1) is 6.21 Å². The first-order valence-electron chi connectivity index (χ1n) is 6.65. The molecule has 0 fully saturated rings. The van der Waals surface area contributed by atoms with Crippen LogP contribution in [-0.2, 0) is 4.84 Å². The summed E-state index contributed by atoms with van der Waals surface area (Å²) in [4.78, 5) is 16.9. The van der Waals surface area contributed by atoms with Gasteiger partial charge in [-0.25, -0.2) is 0 Å². The molecule has 2 aromatic carbocycles. The highest BCUT2D eigenvalue weighted by atomic mass is 16.6. The average molecular weight is 282 g/mol. The molecule has 0 radical (unpaired) electrons. The summed E-state index contributed by atoms with van der Waals surface area (Å²) in [6.45, 7) is 3.97. The molecule has 0 aromatic heterocycles. The molecule has 21 heavy (non-hydrogen) atoms. The highest BCUT2D eigenvalue weighted by Crippen LogP contribution is 2.17. The number of hydrogen-bond acceptors (Lipinski definition) is 3. The van der Waals surface area contributed by atoms with Gasteiger partial charge in [-0.3, -0.25) is 4.79 Å². The minimum Gasteiger partial charge on any atom is -0.399 e. The van der Waals surface area contributed by atoms with E-state index in [0.717, 1.165) is 22.4 Å². The van der Waals surface area contributed by atoms with Gasteiger partial charge >= 0.3 is 0 Å². The fraction of sp³-hybridized carbons (Fsp3) is 0.176. The number of oxime groups is 1. The summed E-state index contributed by atoms with van der Waals surface area (Å²) in [5.74, 6) is -0.126. The largest absolute Gasteiger partial charge is 0.399 e. The molecule has 1 amide bonds. The molecule has 0 aliphatic carbocycles. The maximum absolute atomic E-state index is 12.2. The van der Waals surface area contributed by atoms with Gasteiger partial charge in [0, 0.05) is 11.3 Å². The topological polar surface area (TPSA) is 50.7 Å². The van der Waals surface area contributed by atoms with Gasteiger partial charge in [-0.2, -0.15) is 0 Å². The van der Waals surface area contributed by atoms with E-state index in [-0.39, 0.29) is 5.91 Å². The van der Waals surface area contributed by atoms with Crippen LogP contribution >= 0.6 is 0 Å². The highest BCUT2D eigenvalue weighted by Gasteiger charge is 2.07. The van der Waals surface area contributed by atoms with Crippen molar-refractivity contribution in [3.05, 3.63) is 64.7 Å². The Morgan fingerprint density at radius 3 is 2.52 bits per heavy atom. The molecule has 4 heteroatoms. The highest BCUT2D eigenvalue weighted by molar-refractivity contribution is 6.05. The fourth-order valence-corrected chi connectivity index (χ4v) is 1.90. The van der Waals surface area contributed by atoms with Gasteiger partial charge in [0.25, 0.3) is 5.91 Å². The van der Waals surface area contributed by atoms with Crippen LogP contribution in [0.3, 0.4) is 0 Å². The Balaban J connectivity index is 2.13. The van der Waals surface area contributed by atoms with Crippen molar-refractivity contribution in [2.75, 3.05) is 12.4 Å². The molecule has 0 aliphatic heterocycles. The number of carbonyl (C=O) groups is 1. The van der Waals surface area contributed by atoms with Gasteiger partial charge in [0.2, 0.25) is 0 Å². The minimum absolute atomic E-state index is 0.126. The number of nitrogens with one attached hydrogen (secondary N) is 1. The first-order chi connectivity index (χ1) is 10.1. The Bertz CT molecular complexity index is 661. The van der Waals surface area contributed by atoms with E-state index in [2.05, 4.69) is 15.3 Å². The number of amides is 1. The van der Waals surface area contributed by atoms with Crippen LogP contribution in [0.25, 0.3) is 0 Å². The lowest BCUT2D eigenvalue weighted by Crippen LogP contribution is -2.12. The van der Waals surface area contributed by atoms with Crippen molar-refractivity contribution in [3.63, 3.8) is 0 Å². The Morgan fingerprint density at radius 1 is 1.14 bits per heavy atom. The zero-order valence-electron chi connectivity index (χ0n) is 12.4. The molecular formula is C17H18N2O2. The third-order valence-corrected chi connectivity index (χ3v) is 3.12. The standard InChI is InChI=1S/C17H18N2O2/c1-12-4-5-13(2)16(10-12)19-17(20)15-8-6-14(7-9-15)11-18-21-3/h4-11H,1-3H3,(H,19,20)/b18-11+. The first kappa shape index (κ1) is 14.8.